The smallest absolute Gasteiger partial charge is 0.313 e. The molecule has 0 radical (unpaired) electrons. The van der Waals surface area contributed by atoms with Crippen LogP contribution in [0, 0.1) is 0 Å². The van der Waals surface area contributed by atoms with Crippen molar-refractivity contribution < 1.29 is 14.4 Å². The average molecular weight is 318 g/mol. The van der Waals surface area contributed by atoms with Gasteiger partial charge in [0.05, 0.1) is 0 Å². The van der Waals surface area contributed by atoms with Gasteiger partial charge in [-0.3, -0.25) is 19.3 Å². The van der Waals surface area contributed by atoms with Crippen LogP contribution in [0.1, 0.15) is 17.3 Å². The molecule has 0 aliphatic carbocycles. The van der Waals surface area contributed by atoms with Crippen molar-refractivity contribution in [3.8, 4) is 0 Å². The number of anilines is 1. The van der Waals surface area contributed by atoms with Crippen molar-refractivity contribution in [1.29, 1.82) is 0 Å². The van der Waals surface area contributed by atoms with Gasteiger partial charge in [-0.15, -0.1) is 0 Å². The molecule has 7 heteroatoms. The number of benzene rings is 1. The molecule has 23 heavy (non-hydrogen) atoms. The first-order chi connectivity index (χ1) is 11.0. The highest BCUT2D eigenvalue weighted by Crippen LogP contribution is 2.11. The lowest BCUT2D eigenvalue weighted by atomic mass is 10.1. The maximum atomic E-state index is 12.2. The second-order valence-corrected chi connectivity index (χ2v) is 5.51. The molecule has 1 aliphatic rings. The number of carbonyl (C=O) groups excluding carboxylic acids is 3. The topological polar surface area (TPSA) is 95.7 Å². The van der Waals surface area contributed by atoms with E-state index in [1.165, 1.54) is 6.92 Å². The number of carbonyl (C=O) groups is 3. The molecule has 3 N–H and O–H groups in total. The Morgan fingerprint density at radius 3 is 2.22 bits per heavy atom. The van der Waals surface area contributed by atoms with Crippen LogP contribution in [0.5, 0.6) is 0 Å². The Morgan fingerprint density at radius 2 is 1.70 bits per heavy atom. The zero-order valence-corrected chi connectivity index (χ0v) is 13.2. The summed E-state index contributed by atoms with van der Waals surface area (Å²) in [5.74, 6) is -1.24. The van der Waals surface area contributed by atoms with Gasteiger partial charge in [0, 0.05) is 50.5 Å². The van der Waals surface area contributed by atoms with E-state index in [4.69, 9.17) is 5.73 Å². The molecule has 0 spiro atoms. The van der Waals surface area contributed by atoms with Crippen molar-refractivity contribution >= 4 is 23.3 Å². The number of nitrogens with one attached hydrogen (secondary N) is 1. The number of rotatable bonds is 4. The normalized spacial score (nSPS) is 15.3. The highest BCUT2D eigenvalue weighted by Gasteiger charge is 2.25. The van der Waals surface area contributed by atoms with Gasteiger partial charge in [-0.1, -0.05) is 0 Å². The Kier molecular flexibility index (Phi) is 5.84. The quantitative estimate of drug-likeness (QED) is 0.598. The first-order valence-corrected chi connectivity index (χ1v) is 7.65. The number of hydrogen-bond acceptors (Lipinski definition) is 5. The standard InChI is InChI=1S/C16H22N4O3/c1-12(21)13-2-4-14(5-3-13)18-15(22)16(23)20-10-8-19(7-6-17)9-11-20/h2-5H,6-11,17H2,1H3,(H,18,22). The second kappa shape index (κ2) is 7.85. The van der Waals surface area contributed by atoms with E-state index >= 15 is 0 Å². The molecule has 0 bridgehead atoms. The van der Waals surface area contributed by atoms with E-state index in [1.54, 1.807) is 29.2 Å². The highest BCUT2D eigenvalue weighted by atomic mass is 16.2. The molecule has 1 aliphatic heterocycles. The largest absolute Gasteiger partial charge is 0.332 e. The Morgan fingerprint density at radius 1 is 1.09 bits per heavy atom. The van der Waals surface area contributed by atoms with Crippen LogP contribution in [0.4, 0.5) is 5.69 Å². The first kappa shape index (κ1) is 17.1. The summed E-state index contributed by atoms with van der Waals surface area (Å²) in [6, 6.07) is 6.46. The van der Waals surface area contributed by atoms with E-state index in [0.717, 1.165) is 19.6 Å². The lowest BCUT2D eigenvalue weighted by Gasteiger charge is -2.34. The molecule has 7 nitrogen and oxygen atoms in total. The fourth-order valence-electron chi connectivity index (χ4n) is 2.47. The van der Waals surface area contributed by atoms with E-state index < -0.39 is 11.8 Å². The van der Waals surface area contributed by atoms with Gasteiger partial charge < -0.3 is 16.0 Å². The molecule has 124 valence electrons. The number of ketones is 1. The number of hydrogen-bond donors (Lipinski definition) is 2. The van der Waals surface area contributed by atoms with Gasteiger partial charge in [-0.2, -0.15) is 0 Å². The van der Waals surface area contributed by atoms with Crippen molar-refractivity contribution in [2.24, 2.45) is 5.73 Å². The molecule has 0 aromatic heterocycles. The van der Waals surface area contributed by atoms with E-state index in [2.05, 4.69) is 10.2 Å². The molecule has 2 rings (SSSR count). The number of Topliss-reactive ketones (excluding diaryl/α,β-unsaturated/α-hetero) is 1. The van der Waals surface area contributed by atoms with Crippen LogP contribution >= 0.6 is 0 Å². The Bertz CT molecular complexity index is 577. The molecule has 1 heterocycles. The minimum atomic E-state index is -0.659. The summed E-state index contributed by atoms with van der Waals surface area (Å²) in [6.45, 7) is 5.36. The molecule has 1 aromatic rings. The molecule has 2 amide bonds. The van der Waals surface area contributed by atoms with Gasteiger partial charge in [-0.25, -0.2) is 0 Å². The fourth-order valence-corrected chi connectivity index (χ4v) is 2.47. The molecule has 1 aromatic carbocycles. The van der Waals surface area contributed by atoms with E-state index in [0.29, 0.717) is 30.9 Å². The molecule has 0 atom stereocenters. The van der Waals surface area contributed by atoms with E-state index in [-0.39, 0.29) is 5.78 Å². The third-order valence-corrected chi connectivity index (χ3v) is 3.85. The zero-order valence-electron chi connectivity index (χ0n) is 13.2. The van der Waals surface area contributed by atoms with Crippen molar-refractivity contribution in [1.82, 2.24) is 9.80 Å². The van der Waals surface area contributed by atoms with Crippen LogP contribution in [0.25, 0.3) is 0 Å². The molecule has 0 unspecified atom stereocenters. The summed E-state index contributed by atoms with van der Waals surface area (Å²) in [7, 11) is 0. The van der Waals surface area contributed by atoms with Gasteiger partial charge in [0.15, 0.2) is 5.78 Å². The van der Waals surface area contributed by atoms with E-state index in [9.17, 15) is 14.4 Å². The van der Waals surface area contributed by atoms with Crippen LogP contribution in [0.15, 0.2) is 24.3 Å². The summed E-state index contributed by atoms with van der Waals surface area (Å²) in [5.41, 5.74) is 6.57. The van der Waals surface area contributed by atoms with Crippen LogP contribution in [0.3, 0.4) is 0 Å². The maximum absolute atomic E-state index is 12.2. The third kappa shape index (κ3) is 4.61. The zero-order chi connectivity index (χ0) is 16.8. The lowest BCUT2D eigenvalue weighted by molar-refractivity contribution is -0.144. The Balaban J connectivity index is 1.88. The van der Waals surface area contributed by atoms with Crippen LogP contribution in [-0.2, 0) is 9.59 Å². The van der Waals surface area contributed by atoms with Crippen molar-refractivity contribution in [3.63, 3.8) is 0 Å². The SMILES string of the molecule is CC(=O)c1ccc(NC(=O)C(=O)N2CCN(CCN)CC2)cc1. The molecule has 0 saturated carbocycles. The third-order valence-electron chi connectivity index (χ3n) is 3.85. The molecule has 1 saturated heterocycles. The van der Waals surface area contributed by atoms with Gasteiger partial charge >= 0.3 is 11.8 Å². The van der Waals surface area contributed by atoms with Crippen LogP contribution in [-0.4, -0.2) is 66.7 Å². The number of amides is 2. The predicted molar refractivity (Wildman–Crippen MR) is 87.2 cm³/mol. The second-order valence-electron chi connectivity index (χ2n) is 5.51. The van der Waals surface area contributed by atoms with Crippen molar-refractivity contribution in [3.05, 3.63) is 29.8 Å². The summed E-state index contributed by atoms with van der Waals surface area (Å²) >= 11 is 0. The lowest BCUT2D eigenvalue weighted by Crippen LogP contribution is -2.52. The van der Waals surface area contributed by atoms with Gasteiger partial charge in [0.2, 0.25) is 0 Å². The van der Waals surface area contributed by atoms with Crippen molar-refractivity contribution in [2.45, 2.75) is 6.92 Å². The average Bonchev–Trinajstić information content (AvgIpc) is 2.55. The molecular weight excluding hydrogens is 296 g/mol. The number of nitrogens with zero attached hydrogens (tertiary/aromatic N) is 2. The Hall–Kier alpha value is -2.25. The van der Waals surface area contributed by atoms with Crippen LogP contribution in [0.2, 0.25) is 0 Å². The van der Waals surface area contributed by atoms with Gasteiger partial charge in [-0.05, 0) is 31.2 Å². The predicted octanol–water partition coefficient (Wildman–Crippen LogP) is -0.0694. The fraction of sp³-hybridized carbons (Fsp3) is 0.438. The summed E-state index contributed by atoms with van der Waals surface area (Å²) in [4.78, 5) is 39.1. The summed E-state index contributed by atoms with van der Waals surface area (Å²) in [5, 5.41) is 2.57. The Labute approximate surface area is 135 Å². The number of nitrogens with two attached hydrogens (primary N) is 1. The monoisotopic (exact) mass is 318 g/mol. The first-order valence-electron chi connectivity index (χ1n) is 7.65. The van der Waals surface area contributed by atoms with Gasteiger partial charge in [0.25, 0.3) is 0 Å². The highest BCUT2D eigenvalue weighted by molar-refractivity contribution is 6.39. The minimum Gasteiger partial charge on any atom is -0.332 e. The summed E-state index contributed by atoms with van der Waals surface area (Å²) in [6.07, 6.45) is 0. The van der Waals surface area contributed by atoms with Crippen LogP contribution < -0.4 is 11.1 Å². The molecular formula is C16H22N4O3. The number of piperazine rings is 1. The van der Waals surface area contributed by atoms with Crippen molar-refractivity contribution in [2.75, 3.05) is 44.6 Å². The minimum absolute atomic E-state index is 0.0469. The molecule has 1 fully saturated rings. The maximum Gasteiger partial charge on any atom is 0.313 e. The van der Waals surface area contributed by atoms with Gasteiger partial charge in [0.1, 0.15) is 0 Å². The van der Waals surface area contributed by atoms with E-state index in [1.807, 2.05) is 0 Å². The summed E-state index contributed by atoms with van der Waals surface area (Å²) < 4.78 is 0.